The Morgan fingerprint density at radius 2 is 2.00 bits per heavy atom. The Morgan fingerprint density at radius 3 is 2.47 bits per heavy atom. The molecule has 2 heteroatoms. The van der Waals surface area contributed by atoms with E-state index < -0.39 is 0 Å². The zero-order chi connectivity index (χ0) is 11.3. The summed E-state index contributed by atoms with van der Waals surface area (Å²) in [5.41, 5.74) is 3.37. The number of Topliss-reactive ketones (excluding diaryl/α,β-unsaturated/α-hetero) is 1. The quantitative estimate of drug-likeness (QED) is 0.549. The van der Waals surface area contributed by atoms with E-state index in [-0.39, 0.29) is 11.8 Å². The van der Waals surface area contributed by atoms with Crippen LogP contribution >= 0.6 is 0 Å². The fourth-order valence-corrected chi connectivity index (χ4v) is 1.34. The summed E-state index contributed by atoms with van der Waals surface area (Å²) >= 11 is 0. The first kappa shape index (κ1) is 11.4. The Morgan fingerprint density at radius 1 is 1.40 bits per heavy atom. The summed E-state index contributed by atoms with van der Waals surface area (Å²) in [5, 5.41) is 0. The average Bonchev–Trinajstić information content (AvgIpc) is 2.26. The van der Waals surface area contributed by atoms with E-state index in [0.29, 0.717) is 5.56 Å². The van der Waals surface area contributed by atoms with Crippen LogP contribution in [0, 0.1) is 0 Å². The fourth-order valence-electron chi connectivity index (χ4n) is 1.34. The van der Waals surface area contributed by atoms with Crippen LogP contribution in [-0.2, 0) is 0 Å². The van der Waals surface area contributed by atoms with Crippen LogP contribution in [0.4, 0.5) is 0 Å². The molecule has 0 saturated heterocycles. The Kier molecular flexibility index (Phi) is 4.04. The van der Waals surface area contributed by atoms with Crippen molar-refractivity contribution in [1.29, 1.82) is 0 Å². The first-order chi connectivity index (χ1) is 7.16. The van der Waals surface area contributed by atoms with E-state index in [1.165, 1.54) is 0 Å². The molecule has 0 fully saturated rings. The van der Waals surface area contributed by atoms with Gasteiger partial charge in [-0.3, -0.25) is 9.69 Å². The summed E-state index contributed by atoms with van der Waals surface area (Å²) in [4.78, 5) is 13.9. The van der Waals surface area contributed by atoms with Gasteiger partial charge in [-0.1, -0.05) is 36.9 Å². The van der Waals surface area contributed by atoms with Gasteiger partial charge in [0.25, 0.3) is 0 Å². The van der Waals surface area contributed by atoms with Crippen molar-refractivity contribution in [3.8, 4) is 0 Å². The first-order valence-corrected chi connectivity index (χ1v) is 4.78. The molecule has 2 nitrogen and oxygen atoms in total. The van der Waals surface area contributed by atoms with E-state index in [1.54, 1.807) is 6.08 Å². The minimum absolute atomic E-state index is 0.0664. The maximum atomic E-state index is 12.0. The highest BCUT2D eigenvalue weighted by molar-refractivity contribution is 6.01. The monoisotopic (exact) mass is 201 g/mol. The van der Waals surface area contributed by atoms with Crippen molar-refractivity contribution in [2.45, 2.75) is 6.04 Å². The molecule has 0 amide bonds. The van der Waals surface area contributed by atoms with Gasteiger partial charge in [0.2, 0.25) is 0 Å². The molecule has 0 radical (unpaired) electrons. The molecule has 0 saturated carbocycles. The maximum absolute atomic E-state index is 12.0. The van der Waals surface area contributed by atoms with E-state index in [2.05, 4.69) is 12.3 Å². The van der Waals surface area contributed by atoms with E-state index in [0.717, 1.165) is 0 Å². The molecule has 1 aromatic carbocycles. The molecule has 0 spiro atoms. The lowest BCUT2D eigenvalue weighted by atomic mass is 10.0. The van der Waals surface area contributed by atoms with Crippen LogP contribution in [0.5, 0.6) is 0 Å². The number of hydrogen-bond donors (Lipinski definition) is 0. The number of benzene rings is 1. The van der Waals surface area contributed by atoms with Crippen molar-refractivity contribution in [2.24, 2.45) is 0 Å². The molecule has 0 heterocycles. The number of hydrogen-bond acceptors (Lipinski definition) is 2. The van der Waals surface area contributed by atoms with Gasteiger partial charge < -0.3 is 0 Å². The van der Waals surface area contributed by atoms with Crippen molar-refractivity contribution in [3.05, 3.63) is 54.3 Å². The fraction of sp³-hybridized carbons (Fsp3) is 0.231. The molecule has 1 rings (SSSR count). The van der Waals surface area contributed by atoms with Gasteiger partial charge >= 0.3 is 0 Å². The molecule has 1 aromatic rings. The Balaban J connectivity index is 2.96. The lowest BCUT2D eigenvalue weighted by Gasteiger charge is -2.18. The average molecular weight is 201 g/mol. The lowest BCUT2D eigenvalue weighted by Crippen LogP contribution is -2.33. The molecule has 1 atom stereocenters. The highest BCUT2D eigenvalue weighted by Gasteiger charge is 2.18. The number of carbonyl (C=O) groups excluding carboxylic acids is 1. The minimum atomic E-state index is -0.287. The maximum Gasteiger partial charge on any atom is 0.184 e. The van der Waals surface area contributed by atoms with Crippen LogP contribution in [0.15, 0.2) is 48.7 Å². The first-order valence-electron chi connectivity index (χ1n) is 4.78. The van der Waals surface area contributed by atoms with Crippen molar-refractivity contribution >= 4 is 5.78 Å². The molecule has 0 aliphatic rings. The highest BCUT2D eigenvalue weighted by Crippen LogP contribution is 2.07. The Labute approximate surface area is 90.5 Å². The topological polar surface area (TPSA) is 20.3 Å². The van der Waals surface area contributed by atoms with Crippen LogP contribution < -0.4 is 0 Å². The van der Waals surface area contributed by atoms with Crippen molar-refractivity contribution < 1.29 is 4.79 Å². The standard InChI is InChI=1S/C13H15NO/c1-4-8-12(14(2)3)13(15)11-9-6-5-7-10-11/h5-10,12H,1H2,2-3H3. The minimum Gasteiger partial charge on any atom is -0.296 e. The Hall–Kier alpha value is -1.63. The third-order valence-electron chi connectivity index (χ3n) is 2.16. The second-order valence-electron chi connectivity index (χ2n) is 3.51. The van der Waals surface area contributed by atoms with Crippen LogP contribution in [0.1, 0.15) is 10.4 Å². The molecule has 0 N–H and O–H groups in total. The number of nitrogens with zero attached hydrogens (tertiary/aromatic N) is 1. The number of likely N-dealkylation sites (N-methyl/N-ethyl adjacent to an activating group) is 1. The third-order valence-corrected chi connectivity index (χ3v) is 2.16. The van der Waals surface area contributed by atoms with E-state index in [4.69, 9.17) is 0 Å². The van der Waals surface area contributed by atoms with Gasteiger partial charge in [-0.2, -0.15) is 0 Å². The summed E-state index contributed by atoms with van der Waals surface area (Å²) in [5.74, 6) is 0.0664. The molecule has 0 aliphatic heterocycles. The molecule has 0 aromatic heterocycles. The molecule has 78 valence electrons. The van der Waals surface area contributed by atoms with Gasteiger partial charge in [-0.15, -0.1) is 5.73 Å². The van der Waals surface area contributed by atoms with Crippen LogP contribution in [0.2, 0.25) is 0 Å². The van der Waals surface area contributed by atoms with Crippen molar-refractivity contribution in [2.75, 3.05) is 14.1 Å². The molecule has 15 heavy (non-hydrogen) atoms. The molecular weight excluding hydrogens is 186 g/mol. The number of ketones is 1. The number of rotatable bonds is 4. The van der Waals surface area contributed by atoms with Gasteiger partial charge in [0.1, 0.15) is 0 Å². The van der Waals surface area contributed by atoms with Gasteiger partial charge in [-0.05, 0) is 20.2 Å². The lowest BCUT2D eigenvalue weighted by molar-refractivity contribution is 0.0912. The summed E-state index contributed by atoms with van der Waals surface area (Å²) in [7, 11) is 3.72. The Bertz CT molecular complexity index is 375. The van der Waals surface area contributed by atoms with E-state index in [1.807, 2.05) is 49.3 Å². The molecular formula is C13H15NO. The zero-order valence-electron chi connectivity index (χ0n) is 9.10. The second-order valence-corrected chi connectivity index (χ2v) is 3.51. The third kappa shape index (κ3) is 2.91. The predicted molar refractivity (Wildman–Crippen MR) is 62.0 cm³/mol. The molecule has 0 bridgehead atoms. The second kappa shape index (κ2) is 5.30. The smallest absolute Gasteiger partial charge is 0.184 e. The summed E-state index contributed by atoms with van der Waals surface area (Å²) in [6.07, 6.45) is 1.68. The van der Waals surface area contributed by atoms with Gasteiger partial charge in [-0.25, -0.2) is 0 Å². The summed E-state index contributed by atoms with van der Waals surface area (Å²) in [6, 6.07) is 8.95. The molecule has 1 unspecified atom stereocenters. The van der Waals surface area contributed by atoms with Gasteiger partial charge in [0.15, 0.2) is 5.78 Å². The zero-order valence-corrected chi connectivity index (χ0v) is 9.10. The van der Waals surface area contributed by atoms with Gasteiger partial charge in [0.05, 0.1) is 6.04 Å². The van der Waals surface area contributed by atoms with Crippen LogP contribution in [0.25, 0.3) is 0 Å². The number of carbonyl (C=O) groups is 1. The van der Waals surface area contributed by atoms with E-state index in [9.17, 15) is 4.79 Å². The van der Waals surface area contributed by atoms with Crippen molar-refractivity contribution in [1.82, 2.24) is 4.90 Å². The highest BCUT2D eigenvalue weighted by atomic mass is 16.1. The predicted octanol–water partition coefficient (Wildman–Crippen LogP) is 2.14. The van der Waals surface area contributed by atoms with Gasteiger partial charge in [0, 0.05) is 5.56 Å². The SMILES string of the molecule is C=C=CC(C(=O)c1ccccc1)N(C)C. The van der Waals surface area contributed by atoms with Crippen molar-refractivity contribution in [3.63, 3.8) is 0 Å². The molecule has 0 aliphatic carbocycles. The van der Waals surface area contributed by atoms with Crippen LogP contribution in [-0.4, -0.2) is 30.8 Å². The summed E-state index contributed by atoms with van der Waals surface area (Å²) in [6.45, 7) is 3.50. The van der Waals surface area contributed by atoms with E-state index >= 15 is 0 Å². The normalized spacial score (nSPS) is 11.9. The summed E-state index contributed by atoms with van der Waals surface area (Å²) < 4.78 is 0. The largest absolute Gasteiger partial charge is 0.296 e. The van der Waals surface area contributed by atoms with Crippen LogP contribution in [0.3, 0.4) is 0 Å².